The van der Waals surface area contributed by atoms with Gasteiger partial charge >= 0.3 is 0 Å². The van der Waals surface area contributed by atoms with Crippen LogP contribution in [0.25, 0.3) is 0 Å². The Hall–Kier alpha value is -0.0400. The lowest BCUT2D eigenvalue weighted by atomic mass is 10.5. The summed E-state index contributed by atoms with van der Waals surface area (Å²) in [7, 11) is 0. The SMILES string of the molecule is CCNc1nc(CSCC)ncc1I. The van der Waals surface area contributed by atoms with E-state index in [1.807, 2.05) is 18.0 Å². The lowest BCUT2D eigenvalue weighted by Gasteiger charge is -2.06. The maximum atomic E-state index is 4.45. The highest BCUT2D eigenvalue weighted by Gasteiger charge is 2.03. The molecule has 14 heavy (non-hydrogen) atoms. The molecule has 0 spiro atoms. The molecule has 78 valence electrons. The Morgan fingerprint density at radius 1 is 1.50 bits per heavy atom. The second-order valence-electron chi connectivity index (χ2n) is 2.65. The van der Waals surface area contributed by atoms with Gasteiger partial charge in [-0.2, -0.15) is 11.8 Å². The average Bonchev–Trinajstić information content (AvgIpc) is 2.19. The minimum absolute atomic E-state index is 0.895. The van der Waals surface area contributed by atoms with Gasteiger partial charge in [-0.3, -0.25) is 0 Å². The molecule has 1 N–H and O–H groups in total. The maximum absolute atomic E-state index is 4.45. The molecule has 0 aliphatic carbocycles. The van der Waals surface area contributed by atoms with E-state index in [-0.39, 0.29) is 0 Å². The van der Waals surface area contributed by atoms with Crippen LogP contribution < -0.4 is 5.32 Å². The average molecular weight is 323 g/mol. The van der Waals surface area contributed by atoms with Crippen LogP contribution in [0.3, 0.4) is 0 Å². The molecule has 0 aromatic carbocycles. The van der Waals surface area contributed by atoms with Crippen LogP contribution in [-0.2, 0) is 5.75 Å². The predicted molar refractivity (Wildman–Crippen MR) is 70.7 cm³/mol. The topological polar surface area (TPSA) is 37.8 Å². The van der Waals surface area contributed by atoms with Crippen LogP contribution in [0, 0.1) is 3.57 Å². The van der Waals surface area contributed by atoms with Gasteiger partial charge in [-0.1, -0.05) is 6.92 Å². The van der Waals surface area contributed by atoms with Gasteiger partial charge in [-0.15, -0.1) is 0 Å². The lowest BCUT2D eigenvalue weighted by molar-refractivity contribution is 1.01. The zero-order chi connectivity index (χ0) is 10.4. The molecule has 0 saturated heterocycles. The van der Waals surface area contributed by atoms with Crippen molar-refractivity contribution in [1.29, 1.82) is 0 Å². The van der Waals surface area contributed by atoms with Gasteiger partial charge in [0, 0.05) is 12.7 Å². The third kappa shape index (κ3) is 3.61. The first kappa shape index (κ1) is 12.0. The zero-order valence-corrected chi connectivity index (χ0v) is 11.4. The van der Waals surface area contributed by atoms with Crippen LogP contribution in [0.1, 0.15) is 19.7 Å². The highest BCUT2D eigenvalue weighted by atomic mass is 127. The number of rotatable bonds is 5. The largest absolute Gasteiger partial charge is 0.369 e. The van der Waals surface area contributed by atoms with Crippen molar-refractivity contribution in [2.24, 2.45) is 0 Å². The van der Waals surface area contributed by atoms with E-state index in [2.05, 4.69) is 51.7 Å². The molecule has 0 atom stereocenters. The van der Waals surface area contributed by atoms with Crippen molar-refractivity contribution in [1.82, 2.24) is 9.97 Å². The second-order valence-corrected chi connectivity index (χ2v) is 5.09. The molecular formula is C9H14IN3S. The van der Waals surface area contributed by atoms with Gasteiger partial charge in [0.15, 0.2) is 0 Å². The van der Waals surface area contributed by atoms with E-state index in [9.17, 15) is 0 Å². The molecule has 0 bridgehead atoms. The van der Waals surface area contributed by atoms with E-state index >= 15 is 0 Å². The molecule has 0 aliphatic rings. The zero-order valence-electron chi connectivity index (χ0n) is 8.38. The summed E-state index contributed by atoms with van der Waals surface area (Å²) in [5.74, 6) is 3.86. The van der Waals surface area contributed by atoms with Gasteiger partial charge in [0.25, 0.3) is 0 Å². The first-order valence-corrected chi connectivity index (χ1v) is 6.84. The number of nitrogens with zero attached hydrogens (tertiary/aromatic N) is 2. The van der Waals surface area contributed by atoms with E-state index < -0.39 is 0 Å². The predicted octanol–water partition coefficient (Wildman–Crippen LogP) is 2.77. The summed E-state index contributed by atoms with van der Waals surface area (Å²) in [6, 6.07) is 0. The number of anilines is 1. The number of hydrogen-bond acceptors (Lipinski definition) is 4. The van der Waals surface area contributed by atoms with Crippen LogP contribution in [0.15, 0.2) is 6.20 Å². The molecule has 0 fully saturated rings. The molecule has 3 nitrogen and oxygen atoms in total. The third-order valence-corrected chi connectivity index (χ3v) is 3.23. The fraction of sp³-hybridized carbons (Fsp3) is 0.556. The summed E-state index contributed by atoms with van der Waals surface area (Å²) < 4.78 is 1.08. The number of halogens is 1. The van der Waals surface area contributed by atoms with Gasteiger partial charge in [0.1, 0.15) is 11.6 Å². The van der Waals surface area contributed by atoms with Gasteiger partial charge in [-0.05, 0) is 35.3 Å². The summed E-state index contributed by atoms with van der Waals surface area (Å²) in [5, 5.41) is 3.22. The van der Waals surface area contributed by atoms with E-state index in [4.69, 9.17) is 0 Å². The van der Waals surface area contributed by atoms with Crippen molar-refractivity contribution >= 4 is 40.2 Å². The van der Waals surface area contributed by atoms with E-state index in [1.165, 1.54) is 0 Å². The first-order valence-electron chi connectivity index (χ1n) is 4.61. The molecule has 0 radical (unpaired) electrons. The molecule has 1 rings (SSSR count). The number of hydrogen-bond donors (Lipinski definition) is 1. The molecular weight excluding hydrogens is 309 g/mol. The molecule has 0 aliphatic heterocycles. The Labute approximate surface area is 103 Å². The van der Waals surface area contributed by atoms with Gasteiger partial charge in [0.05, 0.1) is 9.32 Å². The van der Waals surface area contributed by atoms with E-state index in [0.717, 1.165) is 33.3 Å². The Balaban J connectivity index is 2.72. The standard InChI is InChI=1S/C9H14IN3S/c1-3-11-9-7(10)5-12-8(13-9)6-14-4-2/h5H,3-4,6H2,1-2H3,(H,11,12,13). The molecule has 1 aromatic heterocycles. The molecule has 0 amide bonds. The fourth-order valence-electron chi connectivity index (χ4n) is 0.958. The van der Waals surface area contributed by atoms with Crippen LogP contribution in [-0.4, -0.2) is 22.3 Å². The number of thioether (sulfide) groups is 1. The molecule has 1 heterocycles. The Kier molecular flexibility index (Phi) is 5.54. The lowest BCUT2D eigenvalue weighted by Crippen LogP contribution is -2.05. The summed E-state index contributed by atoms with van der Waals surface area (Å²) in [6.07, 6.45) is 1.87. The fourth-order valence-corrected chi connectivity index (χ4v) is 1.93. The molecule has 5 heteroatoms. The van der Waals surface area contributed by atoms with Gasteiger partial charge < -0.3 is 5.32 Å². The Bertz CT molecular complexity index is 293. The van der Waals surface area contributed by atoms with Crippen LogP contribution in [0.5, 0.6) is 0 Å². The third-order valence-electron chi connectivity index (χ3n) is 1.57. The van der Waals surface area contributed by atoms with E-state index in [1.54, 1.807) is 0 Å². The quantitative estimate of drug-likeness (QED) is 0.846. The van der Waals surface area contributed by atoms with Gasteiger partial charge in [0.2, 0.25) is 0 Å². The molecule has 0 saturated carbocycles. The van der Waals surface area contributed by atoms with Crippen molar-refractivity contribution in [2.75, 3.05) is 17.6 Å². The van der Waals surface area contributed by atoms with E-state index in [0.29, 0.717) is 0 Å². The summed E-state index contributed by atoms with van der Waals surface area (Å²) in [4.78, 5) is 8.73. The van der Waals surface area contributed by atoms with Crippen molar-refractivity contribution in [3.63, 3.8) is 0 Å². The van der Waals surface area contributed by atoms with Crippen molar-refractivity contribution < 1.29 is 0 Å². The summed E-state index contributed by atoms with van der Waals surface area (Å²) in [5.41, 5.74) is 0. The number of nitrogens with one attached hydrogen (secondary N) is 1. The minimum Gasteiger partial charge on any atom is -0.369 e. The van der Waals surface area contributed by atoms with Crippen LogP contribution in [0.4, 0.5) is 5.82 Å². The smallest absolute Gasteiger partial charge is 0.143 e. The Morgan fingerprint density at radius 3 is 2.93 bits per heavy atom. The molecule has 1 aromatic rings. The summed E-state index contributed by atoms with van der Waals surface area (Å²) >= 11 is 4.08. The minimum atomic E-state index is 0.895. The monoisotopic (exact) mass is 323 g/mol. The highest BCUT2D eigenvalue weighted by molar-refractivity contribution is 14.1. The normalized spacial score (nSPS) is 10.2. The Morgan fingerprint density at radius 2 is 2.29 bits per heavy atom. The van der Waals surface area contributed by atoms with Crippen molar-refractivity contribution in [3.05, 3.63) is 15.6 Å². The molecule has 0 unspecified atom stereocenters. The van der Waals surface area contributed by atoms with Crippen LogP contribution in [0.2, 0.25) is 0 Å². The van der Waals surface area contributed by atoms with Crippen molar-refractivity contribution in [3.8, 4) is 0 Å². The van der Waals surface area contributed by atoms with Gasteiger partial charge in [-0.25, -0.2) is 9.97 Å². The van der Waals surface area contributed by atoms with Crippen LogP contribution >= 0.6 is 34.4 Å². The summed E-state index contributed by atoms with van der Waals surface area (Å²) in [6.45, 7) is 5.11. The first-order chi connectivity index (χ1) is 6.77. The second kappa shape index (κ2) is 6.44. The van der Waals surface area contributed by atoms with Crippen molar-refractivity contribution in [2.45, 2.75) is 19.6 Å². The number of aromatic nitrogens is 2. The maximum Gasteiger partial charge on any atom is 0.143 e. The highest BCUT2D eigenvalue weighted by Crippen LogP contribution is 2.16.